The molecular weight excluding hydrogens is 362 g/mol. The topological polar surface area (TPSA) is 83.7 Å². The van der Waals surface area contributed by atoms with Crippen molar-refractivity contribution in [2.75, 3.05) is 33.8 Å². The standard InChI is InChI=1S/C20H23N3O3S/c1-14-13-15(23-11-4-12-27(23,25)26)8-9-16(14)20(24)22-10-3-5-17-18(21)6-2-7-19(17)22/h2,6-9,13H,3-5,10-12,21H2,1H3. The lowest BCUT2D eigenvalue weighted by Gasteiger charge is -2.31. The van der Waals surface area contributed by atoms with E-state index < -0.39 is 10.0 Å². The van der Waals surface area contributed by atoms with E-state index in [0.717, 1.165) is 35.3 Å². The van der Waals surface area contributed by atoms with Gasteiger partial charge < -0.3 is 10.6 Å². The van der Waals surface area contributed by atoms with E-state index in [1.54, 1.807) is 23.1 Å². The maximum atomic E-state index is 13.2. The van der Waals surface area contributed by atoms with Gasteiger partial charge in [0.15, 0.2) is 0 Å². The summed E-state index contributed by atoms with van der Waals surface area (Å²) in [5, 5.41) is 0. The van der Waals surface area contributed by atoms with Crippen LogP contribution in [0.15, 0.2) is 36.4 Å². The molecule has 2 N–H and O–H groups in total. The fourth-order valence-electron chi connectivity index (χ4n) is 3.98. The average Bonchev–Trinajstić information content (AvgIpc) is 3.00. The summed E-state index contributed by atoms with van der Waals surface area (Å²) in [5.74, 6) is 0.105. The molecule has 0 unspecified atom stereocenters. The highest BCUT2D eigenvalue weighted by Crippen LogP contribution is 2.33. The second kappa shape index (κ2) is 6.56. The molecule has 0 saturated carbocycles. The summed E-state index contributed by atoms with van der Waals surface area (Å²) in [4.78, 5) is 15.0. The predicted molar refractivity (Wildman–Crippen MR) is 108 cm³/mol. The zero-order chi connectivity index (χ0) is 19.2. The van der Waals surface area contributed by atoms with Crippen LogP contribution < -0.4 is 14.9 Å². The summed E-state index contributed by atoms with van der Waals surface area (Å²) >= 11 is 0. The van der Waals surface area contributed by atoms with Gasteiger partial charge in [-0.2, -0.15) is 0 Å². The van der Waals surface area contributed by atoms with Crippen LogP contribution in [0, 0.1) is 6.92 Å². The summed E-state index contributed by atoms with van der Waals surface area (Å²) in [5.41, 5.74) is 10.7. The Bertz CT molecular complexity index is 1020. The molecule has 2 aromatic carbocycles. The van der Waals surface area contributed by atoms with Crippen molar-refractivity contribution < 1.29 is 13.2 Å². The van der Waals surface area contributed by atoms with Gasteiger partial charge in [0.1, 0.15) is 0 Å². The van der Waals surface area contributed by atoms with E-state index in [-0.39, 0.29) is 11.7 Å². The molecule has 0 spiro atoms. The number of hydrogen-bond acceptors (Lipinski definition) is 4. The average molecular weight is 385 g/mol. The lowest BCUT2D eigenvalue weighted by atomic mass is 9.98. The van der Waals surface area contributed by atoms with Crippen LogP contribution in [-0.4, -0.2) is 33.2 Å². The molecule has 2 heterocycles. The van der Waals surface area contributed by atoms with E-state index in [0.29, 0.717) is 30.8 Å². The second-order valence-electron chi connectivity index (χ2n) is 7.15. The number of sulfonamides is 1. The monoisotopic (exact) mass is 385 g/mol. The van der Waals surface area contributed by atoms with E-state index in [4.69, 9.17) is 5.73 Å². The van der Waals surface area contributed by atoms with Gasteiger partial charge in [-0.3, -0.25) is 9.10 Å². The van der Waals surface area contributed by atoms with Crippen LogP contribution in [0.2, 0.25) is 0 Å². The first-order valence-electron chi connectivity index (χ1n) is 9.19. The Morgan fingerprint density at radius 3 is 2.63 bits per heavy atom. The molecule has 1 amide bonds. The lowest BCUT2D eigenvalue weighted by Crippen LogP contribution is -2.36. The van der Waals surface area contributed by atoms with Crippen molar-refractivity contribution in [1.82, 2.24) is 0 Å². The van der Waals surface area contributed by atoms with Crippen LogP contribution in [-0.2, 0) is 16.4 Å². The first kappa shape index (κ1) is 17.9. The first-order chi connectivity index (χ1) is 12.9. The number of nitrogen functional groups attached to an aromatic ring is 1. The third-order valence-electron chi connectivity index (χ3n) is 5.36. The number of anilines is 3. The van der Waals surface area contributed by atoms with Crippen LogP contribution in [0.1, 0.15) is 34.3 Å². The number of carbonyl (C=O) groups excluding carboxylic acids is 1. The van der Waals surface area contributed by atoms with Crippen molar-refractivity contribution in [1.29, 1.82) is 0 Å². The molecule has 0 radical (unpaired) electrons. The molecule has 0 aromatic heterocycles. The fraction of sp³-hybridized carbons (Fsp3) is 0.350. The van der Waals surface area contributed by atoms with Crippen LogP contribution in [0.3, 0.4) is 0 Å². The molecule has 142 valence electrons. The number of hydrogen-bond donors (Lipinski definition) is 1. The van der Waals surface area contributed by atoms with Crippen LogP contribution >= 0.6 is 0 Å². The van der Waals surface area contributed by atoms with Gasteiger partial charge in [-0.15, -0.1) is 0 Å². The van der Waals surface area contributed by atoms with E-state index in [9.17, 15) is 13.2 Å². The molecule has 7 heteroatoms. The molecule has 1 saturated heterocycles. The number of amides is 1. The number of carbonyl (C=O) groups is 1. The number of nitrogens with zero attached hydrogens (tertiary/aromatic N) is 2. The van der Waals surface area contributed by atoms with Gasteiger partial charge in [-0.05, 0) is 67.6 Å². The Hall–Kier alpha value is -2.54. The molecule has 1 fully saturated rings. The van der Waals surface area contributed by atoms with E-state index >= 15 is 0 Å². The third-order valence-corrected chi connectivity index (χ3v) is 7.23. The Balaban J connectivity index is 1.67. The van der Waals surface area contributed by atoms with Gasteiger partial charge in [0.2, 0.25) is 10.0 Å². The smallest absolute Gasteiger partial charge is 0.258 e. The maximum Gasteiger partial charge on any atom is 0.258 e. The van der Waals surface area contributed by atoms with Crippen molar-refractivity contribution in [3.8, 4) is 0 Å². The quantitative estimate of drug-likeness (QED) is 0.806. The van der Waals surface area contributed by atoms with Crippen LogP contribution in [0.4, 0.5) is 17.1 Å². The SMILES string of the molecule is Cc1cc(N2CCCS2(=O)=O)ccc1C(=O)N1CCCc2c(N)cccc21. The normalized spacial score (nSPS) is 18.4. The molecule has 0 atom stereocenters. The van der Waals surface area contributed by atoms with Crippen molar-refractivity contribution in [2.24, 2.45) is 0 Å². The molecular formula is C20H23N3O3S. The van der Waals surface area contributed by atoms with E-state index in [1.807, 2.05) is 25.1 Å². The lowest BCUT2D eigenvalue weighted by molar-refractivity contribution is 0.0984. The van der Waals surface area contributed by atoms with Gasteiger partial charge in [0, 0.05) is 30.0 Å². The Morgan fingerprint density at radius 1 is 1.11 bits per heavy atom. The van der Waals surface area contributed by atoms with Gasteiger partial charge in [-0.25, -0.2) is 8.42 Å². The Morgan fingerprint density at radius 2 is 1.93 bits per heavy atom. The molecule has 0 aliphatic carbocycles. The summed E-state index contributed by atoms with van der Waals surface area (Å²) in [6.45, 7) is 2.99. The number of rotatable bonds is 2. The molecule has 0 bridgehead atoms. The fourth-order valence-corrected chi connectivity index (χ4v) is 5.54. The number of fused-ring (bicyclic) bond motifs is 1. The predicted octanol–water partition coefficient (Wildman–Crippen LogP) is 2.71. The van der Waals surface area contributed by atoms with Crippen LogP contribution in [0.25, 0.3) is 0 Å². The molecule has 2 aliphatic heterocycles. The summed E-state index contributed by atoms with van der Waals surface area (Å²) in [7, 11) is -3.23. The molecule has 6 nitrogen and oxygen atoms in total. The van der Waals surface area contributed by atoms with Gasteiger partial charge in [0.05, 0.1) is 11.4 Å². The molecule has 27 heavy (non-hydrogen) atoms. The third kappa shape index (κ3) is 3.06. The highest BCUT2D eigenvalue weighted by molar-refractivity contribution is 7.93. The maximum absolute atomic E-state index is 13.2. The van der Waals surface area contributed by atoms with Crippen molar-refractivity contribution in [3.63, 3.8) is 0 Å². The number of aryl methyl sites for hydroxylation is 1. The van der Waals surface area contributed by atoms with Crippen molar-refractivity contribution >= 4 is 33.0 Å². The molecule has 2 aromatic rings. The van der Waals surface area contributed by atoms with Gasteiger partial charge >= 0.3 is 0 Å². The van der Waals surface area contributed by atoms with Crippen molar-refractivity contribution in [3.05, 3.63) is 53.1 Å². The Kier molecular flexibility index (Phi) is 4.34. The summed E-state index contributed by atoms with van der Waals surface area (Å²) < 4.78 is 25.7. The first-order valence-corrected chi connectivity index (χ1v) is 10.8. The summed E-state index contributed by atoms with van der Waals surface area (Å²) in [6.07, 6.45) is 2.38. The zero-order valence-electron chi connectivity index (χ0n) is 15.3. The molecule has 4 rings (SSSR count). The largest absolute Gasteiger partial charge is 0.398 e. The molecule has 2 aliphatic rings. The van der Waals surface area contributed by atoms with Crippen LogP contribution in [0.5, 0.6) is 0 Å². The summed E-state index contributed by atoms with van der Waals surface area (Å²) in [6, 6.07) is 10.9. The van der Waals surface area contributed by atoms with Crippen molar-refractivity contribution in [2.45, 2.75) is 26.2 Å². The van der Waals surface area contributed by atoms with Gasteiger partial charge in [-0.1, -0.05) is 6.07 Å². The number of benzene rings is 2. The second-order valence-corrected chi connectivity index (χ2v) is 9.16. The van der Waals surface area contributed by atoms with E-state index in [2.05, 4.69) is 0 Å². The van der Waals surface area contributed by atoms with E-state index in [1.165, 1.54) is 4.31 Å². The zero-order valence-corrected chi connectivity index (χ0v) is 16.1. The van der Waals surface area contributed by atoms with Gasteiger partial charge in [0.25, 0.3) is 5.91 Å². The number of nitrogens with two attached hydrogens (primary N) is 1. The highest BCUT2D eigenvalue weighted by Gasteiger charge is 2.30. The minimum absolute atomic E-state index is 0.0742. The minimum atomic E-state index is -3.23. The highest BCUT2D eigenvalue weighted by atomic mass is 32.2. The Labute approximate surface area is 159 Å². The minimum Gasteiger partial charge on any atom is -0.398 e.